The Morgan fingerprint density at radius 3 is 1.97 bits per heavy atom. The zero-order valence-electron chi connectivity index (χ0n) is 16.6. The van der Waals surface area contributed by atoms with Crippen LogP contribution in [0.3, 0.4) is 0 Å². The van der Waals surface area contributed by atoms with Crippen LogP contribution < -0.4 is 9.85 Å². The summed E-state index contributed by atoms with van der Waals surface area (Å²) in [5.74, 6) is 0. The quantitative estimate of drug-likeness (QED) is 0.271. The Hall–Kier alpha value is -4.05. The Kier molecular flexibility index (Phi) is 4.66. The van der Waals surface area contributed by atoms with Gasteiger partial charge in [-0.3, -0.25) is 0 Å². The van der Waals surface area contributed by atoms with Crippen LogP contribution in [0.25, 0.3) is 21.8 Å². The maximum absolute atomic E-state index is 5.61. The van der Waals surface area contributed by atoms with Gasteiger partial charge in [-0.05, 0) is 48.0 Å². The molecule has 4 nitrogen and oxygen atoms in total. The molecule has 0 bridgehead atoms. The van der Waals surface area contributed by atoms with Gasteiger partial charge in [0, 0.05) is 10.8 Å². The summed E-state index contributed by atoms with van der Waals surface area (Å²) in [6.45, 7) is 0. The SMILES string of the molecule is COn1c2ccccc2c2cc(/C=N/N(c3ccccc3)c3ccccc3)ccc21. The van der Waals surface area contributed by atoms with E-state index < -0.39 is 0 Å². The summed E-state index contributed by atoms with van der Waals surface area (Å²) in [5, 5.41) is 9.07. The first kappa shape index (κ1) is 18.0. The minimum atomic E-state index is 1.01. The number of hydrogen-bond acceptors (Lipinski definition) is 3. The van der Waals surface area contributed by atoms with Crippen molar-refractivity contribution in [1.82, 2.24) is 4.73 Å². The standard InChI is InChI=1S/C26H21N3O/c1-30-29-25-15-9-8-14-23(25)24-18-20(16-17-26(24)29)19-27-28(21-10-4-2-5-11-21)22-12-6-3-7-13-22/h2-19H,1H3/b27-19+. The second-order valence-electron chi connectivity index (χ2n) is 7.00. The molecule has 0 saturated heterocycles. The van der Waals surface area contributed by atoms with Crippen molar-refractivity contribution in [3.8, 4) is 0 Å². The molecule has 0 unspecified atom stereocenters. The van der Waals surface area contributed by atoms with Gasteiger partial charge in [0.25, 0.3) is 0 Å². The van der Waals surface area contributed by atoms with E-state index >= 15 is 0 Å². The van der Waals surface area contributed by atoms with E-state index in [0.717, 1.165) is 38.7 Å². The molecule has 5 aromatic rings. The van der Waals surface area contributed by atoms with E-state index in [0.29, 0.717) is 0 Å². The van der Waals surface area contributed by atoms with Gasteiger partial charge in [0.15, 0.2) is 0 Å². The maximum atomic E-state index is 5.61. The molecule has 0 N–H and O–H groups in total. The average Bonchev–Trinajstić information content (AvgIpc) is 3.14. The minimum absolute atomic E-state index is 1.01. The highest BCUT2D eigenvalue weighted by molar-refractivity contribution is 6.09. The maximum Gasteiger partial charge on any atom is 0.104 e. The van der Waals surface area contributed by atoms with Gasteiger partial charge in [0.2, 0.25) is 0 Å². The van der Waals surface area contributed by atoms with E-state index in [4.69, 9.17) is 9.94 Å². The third-order valence-electron chi connectivity index (χ3n) is 5.16. The topological polar surface area (TPSA) is 29.8 Å². The molecule has 4 heteroatoms. The molecule has 4 aromatic carbocycles. The zero-order chi connectivity index (χ0) is 20.3. The van der Waals surface area contributed by atoms with Crippen molar-refractivity contribution in [2.45, 2.75) is 0 Å². The Morgan fingerprint density at radius 2 is 1.30 bits per heavy atom. The molecule has 0 radical (unpaired) electrons. The number of para-hydroxylation sites is 3. The lowest BCUT2D eigenvalue weighted by Crippen LogP contribution is -2.09. The molecule has 0 fully saturated rings. The molecule has 1 aromatic heterocycles. The van der Waals surface area contributed by atoms with Crippen LogP contribution in [0.15, 0.2) is 108 Å². The molecule has 0 aliphatic rings. The van der Waals surface area contributed by atoms with Gasteiger partial charge in [-0.2, -0.15) is 9.83 Å². The first-order chi connectivity index (χ1) is 14.8. The van der Waals surface area contributed by atoms with Gasteiger partial charge in [0.1, 0.15) is 7.11 Å². The van der Waals surface area contributed by atoms with Crippen LogP contribution in [0.4, 0.5) is 11.4 Å². The fraction of sp³-hybridized carbons (Fsp3) is 0.0385. The predicted molar refractivity (Wildman–Crippen MR) is 125 cm³/mol. The molecule has 0 amide bonds. The van der Waals surface area contributed by atoms with E-state index in [-0.39, 0.29) is 0 Å². The highest BCUT2D eigenvalue weighted by atomic mass is 16.6. The van der Waals surface area contributed by atoms with Crippen LogP contribution in [0, 0.1) is 0 Å². The Morgan fingerprint density at radius 1 is 0.700 bits per heavy atom. The normalized spacial score (nSPS) is 11.4. The van der Waals surface area contributed by atoms with Crippen molar-refractivity contribution in [1.29, 1.82) is 0 Å². The molecular formula is C26H21N3O. The van der Waals surface area contributed by atoms with Crippen molar-refractivity contribution < 1.29 is 4.84 Å². The van der Waals surface area contributed by atoms with E-state index in [1.54, 1.807) is 7.11 Å². The summed E-state index contributed by atoms with van der Waals surface area (Å²) in [6, 6.07) is 34.9. The molecule has 0 spiro atoms. The number of hydrogen-bond donors (Lipinski definition) is 0. The predicted octanol–water partition coefficient (Wildman–Crippen LogP) is 6.03. The molecule has 0 aliphatic carbocycles. The zero-order valence-corrected chi connectivity index (χ0v) is 16.6. The molecule has 0 saturated carbocycles. The van der Waals surface area contributed by atoms with Crippen LogP contribution in [-0.2, 0) is 0 Å². The van der Waals surface area contributed by atoms with Gasteiger partial charge in [0.05, 0.1) is 28.6 Å². The second kappa shape index (κ2) is 7.76. The number of nitrogens with zero attached hydrogens (tertiary/aromatic N) is 3. The summed E-state index contributed by atoms with van der Waals surface area (Å²) in [6.07, 6.45) is 1.90. The summed E-state index contributed by atoms with van der Waals surface area (Å²) >= 11 is 0. The third-order valence-corrected chi connectivity index (χ3v) is 5.16. The summed E-state index contributed by atoms with van der Waals surface area (Å²) in [7, 11) is 1.69. The summed E-state index contributed by atoms with van der Waals surface area (Å²) < 4.78 is 1.87. The highest BCUT2D eigenvalue weighted by Crippen LogP contribution is 2.29. The molecular weight excluding hydrogens is 370 g/mol. The summed E-state index contributed by atoms with van der Waals surface area (Å²) in [5.41, 5.74) is 5.14. The van der Waals surface area contributed by atoms with E-state index in [2.05, 4.69) is 60.7 Å². The van der Waals surface area contributed by atoms with E-state index in [1.165, 1.54) is 0 Å². The van der Waals surface area contributed by atoms with Crippen molar-refractivity contribution in [3.05, 3.63) is 109 Å². The van der Waals surface area contributed by atoms with E-state index in [9.17, 15) is 0 Å². The molecule has 5 rings (SSSR count). The van der Waals surface area contributed by atoms with E-state index in [1.807, 2.05) is 58.4 Å². The number of aromatic nitrogens is 1. The lowest BCUT2D eigenvalue weighted by atomic mass is 10.1. The Bertz CT molecular complexity index is 1280. The van der Waals surface area contributed by atoms with Crippen LogP contribution in [-0.4, -0.2) is 18.1 Å². The van der Waals surface area contributed by atoms with Crippen LogP contribution in [0.2, 0.25) is 0 Å². The molecule has 0 aliphatic heterocycles. The number of hydrazone groups is 1. The van der Waals surface area contributed by atoms with Crippen LogP contribution in [0.5, 0.6) is 0 Å². The minimum Gasteiger partial charge on any atom is -0.417 e. The number of fused-ring (bicyclic) bond motifs is 3. The van der Waals surface area contributed by atoms with Gasteiger partial charge in [-0.25, -0.2) is 5.01 Å². The lowest BCUT2D eigenvalue weighted by molar-refractivity contribution is 0.190. The first-order valence-electron chi connectivity index (χ1n) is 9.87. The molecule has 30 heavy (non-hydrogen) atoms. The smallest absolute Gasteiger partial charge is 0.104 e. The fourth-order valence-electron chi connectivity index (χ4n) is 3.78. The largest absolute Gasteiger partial charge is 0.417 e. The van der Waals surface area contributed by atoms with Crippen LogP contribution in [0.1, 0.15) is 5.56 Å². The molecule has 0 atom stereocenters. The van der Waals surface area contributed by atoms with Gasteiger partial charge in [-0.15, -0.1) is 0 Å². The average molecular weight is 391 g/mol. The van der Waals surface area contributed by atoms with Crippen molar-refractivity contribution in [2.75, 3.05) is 12.1 Å². The molecule has 146 valence electrons. The number of rotatable bonds is 5. The number of benzene rings is 4. The van der Waals surface area contributed by atoms with Crippen molar-refractivity contribution in [2.24, 2.45) is 5.10 Å². The van der Waals surface area contributed by atoms with Crippen molar-refractivity contribution >= 4 is 39.4 Å². The number of anilines is 2. The highest BCUT2D eigenvalue weighted by Gasteiger charge is 2.11. The van der Waals surface area contributed by atoms with Crippen molar-refractivity contribution in [3.63, 3.8) is 0 Å². The Balaban J connectivity index is 1.59. The lowest BCUT2D eigenvalue weighted by Gasteiger charge is -2.19. The summed E-state index contributed by atoms with van der Waals surface area (Å²) in [4.78, 5) is 5.61. The van der Waals surface area contributed by atoms with Gasteiger partial charge < -0.3 is 4.84 Å². The molecule has 1 heterocycles. The van der Waals surface area contributed by atoms with Gasteiger partial charge in [-0.1, -0.05) is 60.7 Å². The monoisotopic (exact) mass is 391 g/mol. The third kappa shape index (κ3) is 3.18. The fourth-order valence-corrected chi connectivity index (χ4v) is 3.78. The first-order valence-corrected chi connectivity index (χ1v) is 9.87. The Labute approximate surface area is 175 Å². The van der Waals surface area contributed by atoms with Crippen LogP contribution >= 0.6 is 0 Å². The second-order valence-corrected chi connectivity index (χ2v) is 7.00. The van der Waals surface area contributed by atoms with Gasteiger partial charge >= 0.3 is 0 Å².